The Labute approximate surface area is 108 Å². The number of aromatic carboxylic acids is 1. The molecule has 0 amide bonds. The Morgan fingerprint density at radius 1 is 1.41 bits per heavy atom. The van der Waals surface area contributed by atoms with Crippen LogP contribution in [0.4, 0.5) is 0 Å². The molecule has 0 bridgehead atoms. The van der Waals surface area contributed by atoms with E-state index in [0.29, 0.717) is 19.0 Å². The molecule has 5 heteroatoms. The number of halogens is 1. The number of ether oxygens (including phenoxy) is 2. The standard InChI is InChI=1S/C12H13BrO4/c13-10-2-1-8(12(14)15)7-11(10)17-9-3-5-16-6-4-9/h1-2,7,9H,3-6H2,(H,14,15). The molecule has 0 unspecified atom stereocenters. The summed E-state index contributed by atoms with van der Waals surface area (Å²) in [6.07, 6.45) is 1.78. The van der Waals surface area contributed by atoms with E-state index in [1.54, 1.807) is 18.2 Å². The highest BCUT2D eigenvalue weighted by Gasteiger charge is 2.17. The van der Waals surface area contributed by atoms with Crippen molar-refractivity contribution in [1.29, 1.82) is 0 Å². The largest absolute Gasteiger partial charge is 0.489 e. The van der Waals surface area contributed by atoms with Crippen LogP contribution in [0.5, 0.6) is 5.75 Å². The van der Waals surface area contributed by atoms with Crippen molar-refractivity contribution < 1.29 is 19.4 Å². The predicted octanol–water partition coefficient (Wildman–Crippen LogP) is 2.71. The minimum Gasteiger partial charge on any atom is -0.489 e. The van der Waals surface area contributed by atoms with Crippen LogP contribution in [0, 0.1) is 0 Å². The Bertz CT molecular complexity index is 413. The molecule has 92 valence electrons. The van der Waals surface area contributed by atoms with Crippen molar-refractivity contribution >= 4 is 21.9 Å². The van der Waals surface area contributed by atoms with E-state index in [0.717, 1.165) is 17.3 Å². The topological polar surface area (TPSA) is 55.8 Å². The maximum atomic E-state index is 10.9. The van der Waals surface area contributed by atoms with Gasteiger partial charge in [0.2, 0.25) is 0 Å². The summed E-state index contributed by atoms with van der Waals surface area (Å²) in [5, 5.41) is 8.92. The number of hydrogen-bond acceptors (Lipinski definition) is 3. The third kappa shape index (κ3) is 3.20. The lowest BCUT2D eigenvalue weighted by Crippen LogP contribution is -2.26. The molecule has 0 saturated carbocycles. The summed E-state index contributed by atoms with van der Waals surface area (Å²) >= 11 is 3.36. The smallest absolute Gasteiger partial charge is 0.335 e. The van der Waals surface area contributed by atoms with Gasteiger partial charge in [0.1, 0.15) is 11.9 Å². The molecule has 2 rings (SSSR count). The van der Waals surface area contributed by atoms with E-state index < -0.39 is 5.97 Å². The molecular weight excluding hydrogens is 288 g/mol. The van der Waals surface area contributed by atoms with Crippen molar-refractivity contribution in [2.24, 2.45) is 0 Å². The quantitative estimate of drug-likeness (QED) is 0.932. The molecule has 0 spiro atoms. The van der Waals surface area contributed by atoms with Crippen molar-refractivity contribution in [3.63, 3.8) is 0 Å². The van der Waals surface area contributed by atoms with Gasteiger partial charge in [-0.25, -0.2) is 4.79 Å². The summed E-state index contributed by atoms with van der Waals surface area (Å²) in [5.74, 6) is -0.369. The maximum absolute atomic E-state index is 10.9. The van der Waals surface area contributed by atoms with Crippen molar-refractivity contribution in [3.05, 3.63) is 28.2 Å². The minimum atomic E-state index is -0.950. The third-order valence-corrected chi connectivity index (χ3v) is 3.30. The van der Waals surface area contributed by atoms with Gasteiger partial charge in [0, 0.05) is 12.8 Å². The van der Waals surface area contributed by atoms with Gasteiger partial charge in [0.25, 0.3) is 0 Å². The average molecular weight is 301 g/mol. The van der Waals surface area contributed by atoms with Gasteiger partial charge in [-0.05, 0) is 34.1 Å². The Balaban J connectivity index is 2.13. The Morgan fingerprint density at radius 2 is 2.12 bits per heavy atom. The van der Waals surface area contributed by atoms with Gasteiger partial charge in [-0.15, -0.1) is 0 Å². The van der Waals surface area contributed by atoms with Crippen LogP contribution in [0.2, 0.25) is 0 Å². The number of benzene rings is 1. The van der Waals surface area contributed by atoms with E-state index in [-0.39, 0.29) is 11.7 Å². The molecule has 4 nitrogen and oxygen atoms in total. The molecule has 1 fully saturated rings. The predicted molar refractivity (Wildman–Crippen MR) is 65.6 cm³/mol. The minimum absolute atomic E-state index is 0.101. The van der Waals surface area contributed by atoms with Crippen molar-refractivity contribution in [1.82, 2.24) is 0 Å². The monoisotopic (exact) mass is 300 g/mol. The lowest BCUT2D eigenvalue weighted by Gasteiger charge is -2.24. The molecule has 0 aliphatic carbocycles. The van der Waals surface area contributed by atoms with Gasteiger partial charge < -0.3 is 14.6 Å². The molecule has 1 saturated heterocycles. The maximum Gasteiger partial charge on any atom is 0.335 e. The number of rotatable bonds is 3. The highest BCUT2D eigenvalue weighted by molar-refractivity contribution is 9.10. The van der Waals surface area contributed by atoms with Gasteiger partial charge >= 0.3 is 5.97 Å². The van der Waals surface area contributed by atoms with Crippen LogP contribution in [0.15, 0.2) is 22.7 Å². The fraction of sp³-hybridized carbons (Fsp3) is 0.417. The van der Waals surface area contributed by atoms with Crippen LogP contribution in [0.25, 0.3) is 0 Å². The molecule has 0 radical (unpaired) electrons. The molecule has 0 aromatic heterocycles. The lowest BCUT2D eigenvalue weighted by molar-refractivity contribution is 0.0251. The second-order valence-corrected chi connectivity index (χ2v) is 4.73. The fourth-order valence-electron chi connectivity index (χ4n) is 1.70. The van der Waals surface area contributed by atoms with Gasteiger partial charge in [0.05, 0.1) is 23.2 Å². The number of carboxylic acid groups (broad SMARTS) is 1. The molecule has 1 aliphatic heterocycles. The van der Waals surface area contributed by atoms with Crippen LogP contribution in [-0.4, -0.2) is 30.4 Å². The first kappa shape index (κ1) is 12.4. The highest BCUT2D eigenvalue weighted by atomic mass is 79.9. The molecule has 1 aromatic rings. The summed E-state index contributed by atoms with van der Waals surface area (Å²) < 4.78 is 11.8. The van der Waals surface area contributed by atoms with E-state index in [1.807, 2.05) is 0 Å². The Hall–Kier alpha value is -1.07. The van der Waals surface area contributed by atoms with Crippen molar-refractivity contribution in [3.8, 4) is 5.75 Å². The van der Waals surface area contributed by atoms with E-state index in [1.165, 1.54) is 0 Å². The summed E-state index contributed by atoms with van der Waals surface area (Å²) in [5.41, 5.74) is 0.232. The van der Waals surface area contributed by atoms with E-state index >= 15 is 0 Å². The zero-order valence-electron chi connectivity index (χ0n) is 9.19. The van der Waals surface area contributed by atoms with Crippen LogP contribution in [-0.2, 0) is 4.74 Å². The van der Waals surface area contributed by atoms with Crippen LogP contribution >= 0.6 is 15.9 Å². The summed E-state index contributed by atoms with van der Waals surface area (Å²) in [4.78, 5) is 10.9. The van der Waals surface area contributed by atoms with Gasteiger partial charge in [-0.2, -0.15) is 0 Å². The second kappa shape index (κ2) is 5.51. The first-order chi connectivity index (χ1) is 8.16. The van der Waals surface area contributed by atoms with Gasteiger partial charge in [-0.3, -0.25) is 0 Å². The SMILES string of the molecule is O=C(O)c1ccc(Br)c(OC2CCOCC2)c1. The van der Waals surface area contributed by atoms with Crippen LogP contribution < -0.4 is 4.74 Å². The van der Waals surface area contributed by atoms with E-state index in [9.17, 15) is 4.79 Å². The first-order valence-electron chi connectivity index (χ1n) is 5.44. The molecule has 1 aliphatic rings. The molecule has 1 N–H and O–H groups in total. The Morgan fingerprint density at radius 3 is 2.76 bits per heavy atom. The molecule has 0 atom stereocenters. The lowest BCUT2D eigenvalue weighted by atomic mass is 10.1. The van der Waals surface area contributed by atoms with Gasteiger partial charge in [-0.1, -0.05) is 0 Å². The Kier molecular flexibility index (Phi) is 4.02. The molecule has 1 aromatic carbocycles. The normalized spacial score (nSPS) is 16.8. The fourth-order valence-corrected chi connectivity index (χ4v) is 2.04. The molecular formula is C12H13BrO4. The summed E-state index contributed by atoms with van der Waals surface area (Å²) in [6, 6.07) is 4.78. The second-order valence-electron chi connectivity index (χ2n) is 3.88. The molecule has 17 heavy (non-hydrogen) atoms. The van der Waals surface area contributed by atoms with Crippen LogP contribution in [0.1, 0.15) is 23.2 Å². The van der Waals surface area contributed by atoms with E-state index in [2.05, 4.69) is 15.9 Å². The average Bonchev–Trinajstić information content (AvgIpc) is 2.33. The van der Waals surface area contributed by atoms with Crippen LogP contribution in [0.3, 0.4) is 0 Å². The van der Waals surface area contributed by atoms with Crippen molar-refractivity contribution in [2.45, 2.75) is 18.9 Å². The third-order valence-electron chi connectivity index (χ3n) is 2.64. The number of carboxylic acids is 1. The summed E-state index contributed by atoms with van der Waals surface area (Å²) in [7, 11) is 0. The summed E-state index contributed by atoms with van der Waals surface area (Å²) in [6.45, 7) is 1.39. The zero-order chi connectivity index (χ0) is 12.3. The molecule has 1 heterocycles. The number of carbonyl (C=O) groups is 1. The zero-order valence-corrected chi connectivity index (χ0v) is 10.8. The highest BCUT2D eigenvalue weighted by Crippen LogP contribution is 2.28. The van der Waals surface area contributed by atoms with Gasteiger partial charge in [0.15, 0.2) is 0 Å². The first-order valence-corrected chi connectivity index (χ1v) is 6.23. The van der Waals surface area contributed by atoms with Crippen molar-refractivity contribution in [2.75, 3.05) is 13.2 Å². The van der Waals surface area contributed by atoms with E-state index in [4.69, 9.17) is 14.6 Å². The number of hydrogen-bond donors (Lipinski definition) is 1.